The summed E-state index contributed by atoms with van der Waals surface area (Å²) in [5, 5.41) is 0. The minimum Gasteiger partial charge on any atom is -0.385 e. The number of benzene rings is 1. The molecule has 0 aromatic heterocycles. The molecule has 0 aliphatic carbocycles. The van der Waals surface area contributed by atoms with Gasteiger partial charge in [-0.15, -0.1) is 0 Å². The second kappa shape index (κ2) is 7.77. The third kappa shape index (κ3) is 4.98. The van der Waals surface area contributed by atoms with Crippen molar-refractivity contribution in [3.8, 4) is 0 Å². The number of ether oxygens (including phenoxy) is 1. The molecule has 118 valence electrons. The van der Waals surface area contributed by atoms with Crippen LogP contribution in [0, 0.1) is 0 Å². The van der Waals surface area contributed by atoms with Gasteiger partial charge in [-0.2, -0.15) is 0 Å². The quantitative estimate of drug-likeness (QED) is 0.567. The molecule has 0 spiro atoms. The third-order valence-corrected chi connectivity index (χ3v) is 4.55. The van der Waals surface area contributed by atoms with Gasteiger partial charge in [0.2, 0.25) is 0 Å². The molecule has 5 nitrogen and oxygen atoms in total. The number of halogens is 1. The molecule has 0 saturated heterocycles. The largest absolute Gasteiger partial charge is 0.385 e. The standard InChI is InChI=1S/C14H20ClNO4S/c1-4-11-6-7-12(10-13(11)21(15,18)19)14(17)16(2)8-5-9-20-3/h6-7,10H,4-5,8-9H2,1-3H3. The fourth-order valence-corrected chi connectivity index (χ4v) is 3.20. The van der Waals surface area contributed by atoms with Crippen molar-refractivity contribution in [2.45, 2.75) is 24.7 Å². The van der Waals surface area contributed by atoms with E-state index in [0.717, 1.165) is 0 Å². The monoisotopic (exact) mass is 333 g/mol. The first kappa shape index (κ1) is 17.9. The zero-order valence-corrected chi connectivity index (χ0v) is 14.0. The van der Waals surface area contributed by atoms with Gasteiger partial charge in [-0.3, -0.25) is 4.79 Å². The normalized spacial score (nSPS) is 11.4. The molecule has 0 saturated carbocycles. The lowest BCUT2D eigenvalue weighted by Gasteiger charge is -2.17. The summed E-state index contributed by atoms with van der Waals surface area (Å²) < 4.78 is 28.1. The van der Waals surface area contributed by atoms with Crippen LogP contribution in [0.15, 0.2) is 23.1 Å². The van der Waals surface area contributed by atoms with Gasteiger partial charge < -0.3 is 9.64 Å². The fourth-order valence-electron chi connectivity index (χ4n) is 1.97. The number of carbonyl (C=O) groups excluding carboxylic acids is 1. The average Bonchev–Trinajstić information content (AvgIpc) is 2.45. The molecule has 1 rings (SSSR count). The Labute approximate surface area is 130 Å². The van der Waals surface area contributed by atoms with Gasteiger partial charge in [0.25, 0.3) is 15.0 Å². The number of rotatable bonds is 7. The lowest BCUT2D eigenvalue weighted by molar-refractivity contribution is 0.0779. The number of aryl methyl sites for hydroxylation is 1. The highest BCUT2D eigenvalue weighted by atomic mass is 35.7. The molecule has 0 radical (unpaired) electrons. The average molecular weight is 334 g/mol. The summed E-state index contributed by atoms with van der Waals surface area (Å²) in [7, 11) is 4.83. The van der Waals surface area contributed by atoms with Crippen molar-refractivity contribution in [3.05, 3.63) is 29.3 Å². The summed E-state index contributed by atoms with van der Waals surface area (Å²) in [5.41, 5.74) is 0.912. The Hall–Kier alpha value is -1.11. The second-order valence-corrected chi connectivity index (χ2v) is 7.22. The maximum absolute atomic E-state index is 12.3. The van der Waals surface area contributed by atoms with Gasteiger partial charge in [0.1, 0.15) is 0 Å². The van der Waals surface area contributed by atoms with E-state index in [1.54, 1.807) is 26.3 Å². The van der Waals surface area contributed by atoms with Crippen LogP contribution in [0.4, 0.5) is 0 Å². The first-order valence-corrected chi connectivity index (χ1v) is 8.94. The minimum absolute atomic E-state index is 0.00260. The molecule has 1 aromatic rings. The highest BCUT2D eigenvalue weighted by Gasteiger charge is 2.19. The third-order valence-electron chi connectivity index (χ3n) is 3.15. The number of hydrogen-bond donors (Lipinski definition) is 0. The van der Waals surface area contributed by atoms with Crippen molar-refractivity contribution in [2.24, 2.45) is 0 Å². The lowest BCUT2D eigenvalue weighted by atomic mass is 10.1. The van der Waals surface area contributed by atoms with E-state index in [1.165, 1.54) is 11.0 Å². The molecule has 1 aromatic carbocycles. The number of hydrogen-bond acceptors (Lipinski definition) is 4. The number of amides is 1. The summed E-state index contributed by atoms with van der Waals surface area (Å²) in [4.78, 5) is 13.8. The van der Waals surface area contributed by atoms with E-state index < -0.39 is 9.05 Å². The van der Waals surface area contributed by atoms with Crippen molar-refractivity contribution >= 4 is 25.6 Å². The fraction of sp³-hybridized carbons (Fsp3) is 0.500. The van der Waals surface area contributed by atoms with Crippen molar-refractivity contribution in [1.82, 2.24) is 4.90 Å². The van der Waals surface area contributed by atoms with Crippen LogP contribution in [0.5, 0.6) is 0 Å². The number of methoxy groups -OCH3 is 1. The summed E-state index contributed by atoms with van der Waals surface area (Å²) >= 11 is 0. The van der Waals surface area contributed by atoms with Gasteiger partial charge in [0.15, 0.2) is 0 Å². The lowest BCUT2D eigenvalue weighted by Crippen LogP contribution is -2.28. The van der Waals surface area contributed by atoms with Gasteiger partial charge in [-0.25, -0.2) is 8.42 Å². The van der Waals surface area contributed by atoms with Crippen LogP contribution in [0.1, 0.15) is 29.3 Å². The smallest absolute Gasteiger partial charge is 0.261 e. The van der Waals surface area contributed by atoms with E-state index in [1.807, 2.05) is 6.92 Å². The molecule has 0 bridgehead atoms. The van der Waals surface area contributed by atoms with Gasteiger partial charge >= 0.3 is 0 Å². The number of carbonyl (C=O) groups is 1. The second-order valence-electron chi connectivity index (χ2n) is 4.69. The molecule has 0 fully saturated rings. The van der Waals surface area contributed by atoms with E-state index in [-0.39, 0.29) is 10.8 Å². The molecule has 0 aliphatic rings. The van der Waals surface area contributed by atoms with Crippen LogP contribution < -0.4 is 0 Å². The summed E-state index contributed by atoms with van der Waals surface area (Å²) in [6.45, 7) is 2.93. The van der Waals surface area contributed by atoms with E-state index in [0.29, 0.717) is 37.1 Å². The van der Waals surface area contributed by atoms with Crippen LogP contribution in [-0.2, 0) is 20.2 Å². The highest BCUT2D eigenvalue weighted by molar-refractivity contribution is 8.13. The Morgan fingerprint density at radius 1 is 1.38 bits per heavy atom. The highest BCUT2D eigenvalue weighted by Crippen LogP contribution is 2.22. The van der Waals surface area contributed by atoms with E-state index in [2.05, 4.69) is 0 Å². The maximum atomic E-state index is 12.3. The maximum Gasteiger partial charge on any atom is 0.261 e. The zero-order chi connectivity index (χ0) is 16.0. The van der Waals surface area contributed by atoms with Crippen molar-refractivity contribution in [3.63, 3.8) is 0 Å². The van der Waals surface area contributed by atoms with E-state index in [4.69, 9.17) is 15.4 Å². The molecular weight excluding hydrogens is 314 g/mol. The first-order chi connectivity index (χ1) is 9.81. The molecule has 0 unspecified atom stereocenters. The molecular formula is C14H20ClNO4S. The van der Waals surface area contributed by atoms with Crippen LogP contribution in [0.2, 0.25) is 0 Å². The van der Waals surface area contributed by atoms with Crippen LogP contribution in [-0.4, -0.2) is 46.5 Å². The topological polar surface area (TPSA) is 63.7 Å². The number of nitrogens with zero attached hydrogens (tertiary/aromatic N) is 1. The molecule has 21 heavy (non-hydrogen) atoms. The first-order valence-electron chi connectivity index (χ1n) is 6.63. The van der Waals surface area contributed by atoms with E-state index >= 15 is 0 Å². The van der Waals surface area contributed by atoms with Crippen LogP contribution >= 0.6 is 10.7 Å². The Morgan fingerprint density at radius 3 is 2.57 bits per heavy atom. The zero-order valence-electron chi connectivity index (χ0n) is 12.4. The predicted octanol–water partition coefficient (Wildman–Crippen LogP) is 2.29. The van der Waals surface area contributed by atoms with Crippen LogP contribution in [0.25, 0.3) is 0 Å². The SMILES string of the molecule is CCc1ccc(C(=O)N(C)CCCOC)cc1S(=O)(=O)Cl. The van der Waals surface area contributed by atoms with Crippen LogP contribution in [0.3, 0.4) is 0 Å². The Bertz CT molecular complexity index is 601. The molecule has 7 heteroatoms. The predicted molar refractivity (Wildman–Crippen MR) is 82.3 cm³/mol. The van der Waals surface area contributed by atoms with Crippen molar-refractivity contribution < 1.29 is 17.9 Å². The summed E-state index contributed by atoms with van der Waals surface area (Å²) in [5.74, 6) is -0.240. The molecule has 0 aliphatic heterocycles. The van der Waals surface area contributed by atoms with E-state index in [9.17, 15) is 13.2 Å². The summed E-state index contributed by atoms with van der Waals surface area (Å²) in [6, 6.07) is 4.60. The Balaban J connectivity index is 3.01. The molecule has 1 amide bonds. The van der Waals surface area contributed by atoms with Gasteiger partial charge in [0, 0.05) is 43.6 Å². The Morgan fingerprint density at radius 2 is 2.05 bits per heavy atom. The van der Waals surface area contributed by atoms with Crippen molar-refractivity contribution in [1.29, 1.82) is 0 Å². The Kier molecular flexibility index (Phi) is 6.64. The van der Waals surface area contributed by atoms with Gasteiger partial charge in [0.05, 0.1) is 4.90 Å². The minimum atomic E-state index is -3.87. The van der Waals surface area contributed by atoms with Gasteiger partial charge in [-0.05, 0) is 30.5 Å². The molecule has 0 N–H and O–H groups in total. The van der Waals surface area contributed by atoms with Crippen molar-refractivity contribution in [2.75, 3.05) is 27.3 Å². The molecule has 0 atom stereocenters. The van der Waals surface area contributed by atoms with Gasteiger partial charge in [-0.1, -0.05) is 13.0 Å². The summed E-state index contributed by atoms with van der Waals surface area (Å²) in [6.07, 6.45) is 1.24. The molecule has 0 heterocycles.